The van der Waals surface area contributed by atoms with E-state index in [0.717, 1.165) is 17.8 Å². The predicted molar refractivity (Wildman–Crippen MR) is 75.4 cm³/mol. The third kappa shape index (κ3) is 80.6. The summed E-state index contributed by atoms with van der Waals surface area (Å²) in [4.78, 5) is 0. The van der Waals surface area contributed by atoms with Crippen LogP contribution in [0.15, 0.2) is 0 Å². The monoisotopic (exact) mass is 216 g/mol. The topological polar surface area (TPSA) is 0 Å². The smallest absolute Gasteiger partial charge is 0.0471 e. The first kappa shape index (κ1) is 20.4. The average molecular weight is 216 g/mol. The Kier molecular flexibility index (Phi) is 22.4. The Hall–Kier alpha value is 0. The molecule has 0 aromatic rings. The van der Waals surface area contributed by atoms with Crippen molar-refractivity contribution < 1.29 is 0 Å². The molecule has 96 valence electrons. The van der Waals surface area contributed by atoms with Gasteiger partial charge in [0.15, 0.2) is 0 Å². The van der Waals surface area contributed by atoms with Crippen LogP contribution in [0.1, 0.15) is 81.6 Å². The van der Waals surface area contributed by atoms with Gasteiger partial charge in [0.1, 0.15) is 0 Å². The van der Waals surface area contributed by atoms with Gasteiger partial charge in [-0.05, 0) is 17.8 Å². The van der Waals surface area contributed by atoms with Gasteiger partial charge in [-0.3, -0.25) is 0 Å². The van der Waals surface area contributed by atoms with Crippen molar-refractivity contribution in [2.24, 2.45) is 17.8 Å². The fourth-order valence-corrected chi connectivity index (χ4v) is 0.577. The molecule has 0 heterocycles. The second-order valence-corrected chi connectivity index (χ2v) is 5.72. The van der Waals surface area contributed by atoms with Crippen LogP contribution in [0.5, 0.6) is 0 Å². The summed E-state index contributed by atoms with van der Waals surface area (Å²) >= 11 is 0. The van der Waals surface area contributed by atoms with E-state index in [1.807, 2.05) is 0 Å². The fraction of sp³-hybridized carbons (Fsp3) is 1.00. The normalized spacial score (nSPS) is 9.60. The van der Waals surface area contributed by atoms with E-state index < -0.39 is 0 Å². The van der Waals surface area contributed by atoms with Crippen molar-refractivity contribution in [2.75, 3.05) is 0 Å². The summed E-state index contributed by atoms with van der Waals surface area (Å²) in [5, 5.41) is 0. The lowest BCUT2D eigenvalue weighted by molar-refractivity contribution is 0.576. The first-order valence-electron chi connectivity index (χ1n) is 6.77. The minimum Gasteiger partial charge on any atom is -0.0654 e. The van der Waals surface area contributed by atoms with Crippen molar-refractivity contribution in [3.05, 3.63) is 0 Å². The molecule has 0 atom stereocenters. The van der Waals surface area contributed by atoms with E-state index in [2.05, 4.69) is 62.3 Å². The molecule has 0 spiro atoms. The molecule has 0 aliphatic heterocycles. The first-order valence-corrected chi connectivity index (χ1v) is 6.77. The Morgan fingerprint density at radius 3 is 0.933 bits per heavy atom. The molecule has 0 saturated heterocycles. The second-order valence-electron chi connectivity index (χ2n) is 5.72. The van der Waals surface area contributed by atoms with E-state index in [-0.39, 0.29) is 0 Å². The van der Waals surface area contributed by atoms with Gasteiger partial charge in [0.2, 0.25) is 0 Å². The molecule has 0 radical (unpaired) electrons. The van der Waals surface area contributed by atoms with Gasteiger partial charge in [-0.15, -0.1) is 0 Å². The van der Waals surface area contributed by atoms with E-state index in [1.54, 1.807) is 0 Å². The maximum Gasteiger partial charge on any atom is -0.0471 e. The number of hydrogen-bond donors (Lipinski definition) is 0. The van der Waals surface area contributed by atoms with Crippen molar-refractivity contribution in [3.8, 4) is 0 Å². The minimum absolute atomic E-state index is 0.833. The fourth-order valence-electron chi connectivity index (χ4n) is 0.577. The maximum absolute atomic E-state index is 2.25. The summed E-state index contributed by atoms with van der Waals surface area (Å²) in [7, 11) is 0. The summed E-state index contributed by atoms with van der Waals surface area (Å²) in [6.45, 7) is 19.9. The van der Waals surface area contributed by atoms with Crippen LogP contribution in [-0.4, -0.2) is 0 Å². The van der Waals surface area contributed by atoms with E-state index in [0.29, 0.717) is 0 Å². The quantitative estimate of drug-likeness (QED) is 0.530. The van der Waals surface area contributed by atoms with Crippen molar-refractivity contribution in [3.63, 3.8) is 0 Å². The molecular weight excluding hydrogens is 180 g/mol. The minimum atomic E-state index is 0.833. The summed E-state index contributed by atoms with van der Waals surface area (Å²) in [6.07, 6.45) is 4.01. The maximum atomic E-state index is 2.25. The van der Waals surface area contributed by atoms with Crippen LogP contribution in [0, 0.1) is 17.8 Å². The van der Waals surface area contributed by atoms with Gasteiger partial charge in [-0.2, -0.15) is 0 Å². The van der Waals surface area contributed by atoms with Crippen molar-refractivity contribution in [2.45, 2.75) is 81.6 Å². The first-order chi connectivity index (χ1) is 6.77. The molecule has 0 amide bonds. The molecule has 0 unspecified atom stereocenters. The largest absolute Gasteiger partial charge is 0.0654 e. The SMILES string of the molecule is CC(C)C.CCC(C)C.CCCC(C)C. The number of hydrogen-bond acceptors (Lipinski definition) is 0. The Morgan fingerprint density at radius 1 is 0.667 bits per heavy atom. The van der Waals surface area contributed by atoms with Crippen molar-refractivity contribution >= 4 is 0 Å². The molecule has 0 fully saturated rings. The summed E-state index contributed by atoms with van der Waals surface area (Å²) < 4.78 is 0. The highest BCUT2D eigenvalue weighted by molar-refractivity contribution is 4.38. The summed E-state index contributed by atoms with van der Waals surface area (Å²) in [5.74, 6) is 2.62. The van der Waals surface area contributed by atoms with Gasteiger partial charge < -0.3 is 0 Å². The molecule has 0 saturated carbocycles. The Morgan fingerprint density at radius 2 is 0.933 bits per heavy atom. The van der Waals surface area contributed by atoms with Gasteiger partial charge in [-0.25, -0.2) is 0 Å². The third-order valence-electron chi connectivity index (χ3n) is 1.68. The molecule has 0 bridgehead atoms. The molecule has 0 aliphatic rings. The molecule has 0 nitrogen and oxygen atoms in total. The Labute approximate surface area is 99.9 Å². The standard InChI is InChI=1S/C6H14.C5H12.C4H10/c1-4-5-6(2)3;1-4-5(2)3;1-4(2)3/h6H,4-5H2,1-3H3;5H,4H2,1-3H3;4H,1-3H3. The lowest BCUT2D eigenvalue weighted by Gasteiger charge is -1.95. The summed E-state index contributed by atoms with van der Waals surface area (Å²) in [5.41, 5.74) is 0. The van der Waals surface area contributed by atoms with Crippen molar-refractivity contribution in [1.82, 2.24) is 0 Å². The highest BCUT2D eigenvalue weighted by Gasteiger charge is 1.85. The van der Waals surface area contributed by atoms with E-state index >= 15 is 0 Å². The van der Waals surface area contributed by atoms with Crippen LogP contribution in [0.25, 0.3) is 0 Å². The molecule has 0 aromatic carbocycles. The zero-order chi connectivity index (χ0) is 12.9. The van der Waals surface area contributed by atoms with Gasteiger partial charge in [0.25, 0.3) is 0 Å². The van der Waals surface area contributed by atoms with Crippen LogP contribution in [-0.2, 0) is 0 Å². The molecular formula is C15H36. The lowest BCUT2D eigenvalue weighted by Crippen LogP contribution is -1.81. The highest BCUT2D eigenvalue weighted by atomic mass is 13.9. The van der Waals surface area contributed by atoms with Gasteiger partial charge in [0, 0.05) is 0 Å². The average Bonchev–Trinajstić information content (AvgIpc) is 2.03. The molecule has 0 N–H and O–H groups in total. The summed E-state index contributed by atoms with van der Waals surface area (Å²) in [6, 6.07) is 0. The molecule has 0 aromatic heterocycles. The highest BCUT2D eigenvalue weighted by Crippen LogP contribution is 2.00. The van der Waals surface area contributed by atoms with Crippen LogP contribution < -0.4 is 0 Å². The van der Waals surface area contributed by atoms with E-state index in [4.69, 9.17) is 0 Å². The third-order valence-corrected chi connectivity index (χ3v) is 1.68. The van der Waals surface area contributed by atoms with Gasteiger partial charge in [0.05, 0.1) is 0 Å². The van der Waals surface area contributed by atoms with Crippen LogP contribution in [0.3, 0.4) is 0 Å². The van der Waals surface area contributed by atoms with Gasteiger partial charge >= 0.3 is 0 Å². The lowest BCUT2D eigenvalue weighted by atomic mass is 10.1. The van der Waals surface area contributed by atoms with Crippen LogP contribution in [0.4, 0.5) is 0 Å². The van der Waals surface area contributed by atoms with Gasteiger partial charge in [-0.1, -0.05) is 81.6 Å². The second kappa shape index (κ2) is 16.4. The van der Waals surface area contributed by atoms with Crippen LogP contribution >= 0.6 is 0 Å². The Balaban J connectivity index is -0.000000147. The van der Waals surface area contributed by atoms with Crippen molar-refractivity contribution in [1.29, 1.82) is 0 Å². The van der Waals surface area contributed by atoms with Crippen LogP contribution in [0.2, 0.25) is 0 Å². The molecule has 0 aliphatic carbocycles. The molecule has 0 heteroatoms. The van der Waals surface area contributed by atoms with E-state index in [1.165, 1.54) is 19.3 Å². The Bertz CT molecular complexity index is 77.3. The number of rotatable bonds is 3. The molecule has 15 heavy (non-hydrogen) atoms. The van der Waals surface area contributed by atoms with E-state index in [9.17, 15) is 0 Å². The molecule has 0 rings (SSSR count). The zero-order valence-corrected chi connectivity index (χ0v) is 12.9. The predicted octanol–water partition coefficient (Wildman–Crippen LogP) is 6.16. The zero-order valence-electron chi connectivity index (χ0n) is 12.9.